The third kappa shape index (κ3) is 3.28. The van der Waals surface area contributed by atoms with Crippen LogP contribution in [-0.2, 0) is 9.84 Å². The molecule has 1 aliphatic rings. The highest BCUT2D eigenvalue weighted by Gasteiger charge is 2.25. The van der Waals surface area contributed by atoms with Crippen LogP contribution in [0.1, 0.15) is 25.7 Å². The van der Waals surface area contributed by atoms with E-state index in [1.807, 2.05) is 19.2 Å². The lowest BCUT2D eigenvalue weighted by Gasteiger charge is -2.35. The summed E-state index contributed by atoms with van der Waals surface area (Å²) in [5.74, 6) is 0. The number of nitrogens with two attached hydrogens (primary N) is 1. The van der Waals surface area contributed by atoms with Crippen molar-refractivity contribution in [2.45, 2.75) is 42.7 Å². The summed E-state index contributed by atoms with van der Waals surface area (Å²) < 4.78 is 23.7. The molecule has 1 aromatic rings. The minimum Gasteiger partial charge on any atom is -0.371 e. The number of para-hydroxylation sites is 1. The van der Waals surface area contributed by atoms with Gasteiger partial charge >= 0.3 is 0 Å². The van der Waals surface area contributed by atoms with E-state index in [1.165, 1.54) is 6.26 Å². The van der Waals surface area contributed by atoms with Gasteiger partial charge in [-0.15, -0.1) is 0 Å². The normalized spacial score (nSPS) is 24.2. The van der Waals surface area contributed by atoms with E-state index >= 15 is 0 Å². The Morgan fingerprint density at radius 3 is 2.32 bits per heavy atom. The first-order valence-corrected chi connectivity index (χ1v) is 8.56. The summed E-state index contributed by atoms with van der Waals surface area (Å²) in [6.07, 6.45) is 5.33. The van der Waals surface area contributed by atoms with Crippen LogP contribution in [0, 0.1) is 0 Å². The highest BCUT2D eigenvalue weighted by Crippen LogP contribution is 2.30. The zero-order valence-corrected chi connectivity index (χ0v) is 12.4. The number of rotatable bonds is 3. The Hall–Kier alpha value is -1.07. The van der Waals surface area contributed by atoms with Crippen LogP contribution in [0.25, 0.3) is 0 Å². The van der Waals surface area contributed by atoms with Crippen molar-refractivity contribution in [3.63, 3.8) is 0 Å². The summed E-state index contributed by atoms with van der Waals surface area (Å²) in [4.78, 5) is 2.51. The maximum absolute atomic E-state index is 11.8. The van der Waals surface area contributed by atoms with Crippen molar-refractivity contribution in [3.05, 3.63) is 24.3 Å². The smallest absolute Gasteiger partial charge is 0.177 e. The summed E-state index contributed by atoms with van der Waals surface area (Å²) in [7, 11) is -1.22. The van der Waals surface area contributed by atoms with Crippen LogP contribution in [0.5, 0.6) is 0 Å². The van der Waals surface area contributed by atoms with Gasteiger partial charge in [0.05, 0.1) is 10.6 Å². The number of hydrogen-bond donors (Lipinski definition) is 1. The third-order valence-electron chi connectivity index (χ3n) is 3.93. The van der Waals surface area contributed by atoms with Gasteiger partial charge in [0, 0.05) is 25.4 Å². The maximum atomic E-state index is 11.8. The molecular formula is C14H22N2O2S. The summed E-state index contributed by atoms with van der Waals surface area (Å²) >= 11 is 0. The average Bonchev–Trinajstić information content (AvgIpc) is 2.38. The van der Waals surface area contributed by atoms with Gasteiger partial charge in [0.2, 0.25) is 0 Å². The number of nitrogens with zero attached hydrogens (tertiary/aromatic N) is 1. The summed E-state index contributed by atoms with van der Waals surface area (Å²) in [5.41, 5.74) is 6.72. The highest BCUT2D eigenvalue weighted by atomic mass is 32.2. The van der Waals surface area contributed by atoms with Gasteiger partial charge in [-0.3, -0.25) is 0 Å². The zero-order valence-electron chi connectivity index (χ0n) is 11.5. The van der Waals surface area contributed by atoms with Crippen molar-refractivity contribution in [2.24, 2.45) is 5.73 Å². The van der Waals surface area contributed by atoms with Crippen LogP contribution < -0.4 is 10.6 Å². The minimum absolute atomic E-state index is 0.301. The van der Waals surface area contributed by atoms with Gasteiger partial charge in [-0.1, -0.05) is 12.1 Å². The molecule has 19 heavy (non-hydrogen) atoms. The maximum Gasteiger partial charge on any atom is 0.177 e. The first kappa shape index (κ1) is 14.3. The fourth-order valence-electron chi connectivity index (χ4n) is 2.75. The number of hydrogen-bond acceptors (Lipinski definition) is 4. The Balaban J connectivity index is 2.27. The van der Waals surface area contributed by atoms with Crippen LogP contribution in [0.3, 0.4) is 0 Å². The quantitative estimate of drug-likeness (QED) is 0.918. The van der Waals surface area contributed by atoms with Crippen molar-refractivity contribution in [1.29, 1.82) is 0 Å². The molecule has 0 aliphatic heterocycles. The molecule has 0 amide bonds. The number of benzene rings is 1. The molecule has 0 bridgehead atoms. The van der Waals surface area contributed by atoms with Gasteiger partial charge < -0.3 is 10.6 Å². The van der Waals surface area contributed by atoms with E-state index in [-0.39, 0.29) is 0 Å². The SMILES string of the molecule is CN(c1ccccc1S(C)(=O)=O)C1CCC(N)CC1. The largest absolute Gasteiger partial charge is 0.371 e. The fourth-order valence-corrected chi connectivity index (χ4v) is 3.67. The van der Waals surface area contributed by atoms with Crippen LogP contribution in [-0.4, -0.2) is 33.8 Å². The van der Waals surface area contributed by atoms with Crippen LogP contribution in [0.15, 0.2) is 29.2 Å². The molecule has 0 aromatic heterocycles. The van der Waals surface area contributed by atoms with E-state index in [9.17, 15) is 8.42 Å². The van der Waals surface area contributed by atoms with E-state index in [1.54, 1.807) is 12.1 Å². The molecule has 0 unspecified atom stereocenters. The van der Waals surface area contributed by atoms with E-state index in [0.29, 0.717) is 17.0 Å². The van der Waals surface area contributed by atoms with E-state index < -0.39 is 9.84 Å². The molecule has 0 heterocycles. The monoisotopic (exact) mass is 282 g/mol. The standard InChI is InChI=1S/C14H22N2O2S/c1-16(12-9-7-11(15)8-10-12)13-5-3-4-6-14(13)19(2,17)18/h3-6,11-12H,7-10,15H2,1-2H3. The van der Waals surface area contributed by atoms with Crippen LogP contribution in [0.2, 0.25) is 0 Å². The lowest BCUT2D eigenvalue weighted by atomic mass is 9.91. The second kappa shape index (κ2) is 5.51. The lowest BCUT2D eigenvalue weighted by molar-refractivity contribution is 0.384. The minimum atomic E-state index is -3.19. The molecule has 0 atom stereocenters. The van der Waals surface area contributed by atoms with Crippen molar-refractivity contribution >= 4 is 15.5 Å². The van der Waals surface area contributed by atoms with Crippen molar-refractivity contribution in [2.75, 3.05) is 18.2 Å². The van der Waals surface area contributed by atoms with Gasteiger partial charge in [0.25, 0.3) is 0 Å². The fraction of sp³-hybridized carbons (Fsp3) is 0.571. The molecular weight excluding hydrogens is 260 g/mol. The second-order valence-corrected chi connectivity index (χ2v) is 7.40. The zero-order chi connectivity index (χ0) is 14.0. The molecule has 1 saturated carbocycles. The molecule has 1 fully saturated rings. The Labute approximate surface area is 115 Å². The Kier molecular flexibility index (Phi) is 4.16. The molecule has 2 rings (SSSR count). The van der Waals surface area contributed by atoms with Crippen LogP contribution >= 0.6 is 0 Å². The van der Waals surface area contributed by atoms with E-state index in [2.05, 4.69) is 4.90 Å². The molecule has 106 valence electrons. The summed E-state index contributed by atoms with van der Waals surface area (Å²) in [6, 6.07) is 7.89. The highest BCUT2D eigenvalue weighted by molar-refractivity contribution is 7.90. The summed E-state index contributed by atoms with van der Waals surface area (Å²) in [6.45, 7) is 0. The van der Waals surface area contributed by atoms with Crippen molar-refractivity contribution in [1.82, 2.24) is 0 Å². The van der Waals surface area contributed by atoms with Gasteiger partial charge in [-0.05, 0) is 37.8 Å². The average molecular weight is 282 g/mol. The Morgan fingerprint density at radius 2 is 1.74 bits per heavy atom. The molecule has 0 spiro atoms. The molecule has 0 saturated heterocycles. The first-order chi connectivity index (χ1) is 8.89. The molecule has 2 N–H and O–H groups in total. The molecule has 1 aliphatic carbocycles. The first-order valence-electron chi connectivity index (χ1n) is 6.67. The topological polar surface area (TPSA) is 63.4 Å². The molecule has 1 aromatic carbocycles. The predicted octanol–water partition coefficient (Wildman–Crippen LogP) is 1.80. The molecule has 4 nitrogen and oxygen atoms in total. The van der Waals surface area contributed by atoms with Gasteiger partial charge in [0.1, 0.15) is 0 Å². The van der Waals surface area contributed by atoms with Crippen molar-refractivity contribution < 1.29 is 8.42 Å². The Bertz CT molecular complexity index is 534. The summed E-state index contributed by atoms with van der Waals surface area (Å²) in [5, 5.41) is 0. The van der Waals surface area contributed by atoms with E-state index in [0.717, 1.165) is 31.4 Å². The van der Waals surface area contributed by atoms with Gasteiger partial charge in [0.15, 0.2) is 9.84 Å². The number of sulfone groups is 1. The predicted molar refractivity (Wildman–Crippen MR) is 78.2 cm³/mol. The van der Waals surface area contributed by atoms with Gasteiger partial charge in [-0.25, -0.2) is 8.42 Å². The Morgan fingerprint density at radius 1 is 1.16 bits per heavy atom. The van der Waals surface area contributed by atoms with Gasteiger partial charge in [-0.2, -0.15) is 0 Å². The molecule has 0 radical (unpaired) electrons. The second-order valence-electron chi connectivity index (χ2n) is 5.42. The van der Waals surface area contributed by atoms with Crippen LogP contribution in [0.4, 0.5) is 5.69 Å². The number of anilines is 1. The van der Waals surface area contributed by atoms with E-state index in [4.69, 9.17) is 5.73 Å². The lowest BCUT2D eigenvalue weighted by Crippen LogP contribution is -2.39. The third-order valence-corrected chi connectivity index (χ3v) is 5.08. The van der Waals surface area contributed by atoms with Crippen molar-refractivity contribution in [3.8, 4) is 0 Å². The molecule has 5 heteroatoms.